The molecule has 284 valence electrons. The summed E-state index contributed by atoms with van der Waals surface area (Å²) in [5.41, 5.74) is 0.830. The molecule has 2 aliphatic heterocycles. The van der Waals surface area contributed by atoms with Crippen LogP contribution in [-0.4, -0.2) is 84.9 Å². The summed E-state index contributed by atoms with van der Waals surface area (Å²) in [6.07, 6.45) is 18.2. The first kappa shape index (κ1) is 38.0. The minimum atomic E-state index is -0.924. The van der Waals surface area contributed by atoms with Crippen molar-refractivity contribution in [2.24, 2.45) is 29.1 Å². The molecule has 4 aliphatic carbocycles. The van der Waals surface area contributed by atoms with E-state index in [1.54, 1.807) is 0 Å². The fourth-order valence-corrected chi connectivity index (χ4v) is 11.2. The summed E-state index contributed by atoms with van der Waals surface area (Å²) in [4.78, 5) is 36.7. The Labute approximate surface area is 304 Å². The number of ether oxygens (including phenoxy) is 1. The molecule has 7 atom stereocenters. The van der Waals surface area contributed by atoms with E-state index in [9.17, 15) is 35.4 Å². The van der Waals surface area contributed by atoms with Crippen LogP contribution in [0.25, 0.3) is 0 Å². The van der Waals surface area contributed by atoms with Crippen molar-refractivity contribution >= 4 is 23.9 Å². The fraction of sp³-hybridized carbons (Fsp3) is 0.833. The average Bonchev–Trinajstić information content (AvgIpc) is 3.54. The number of carbonyl (C=O) groups is 1. The third-order valence-electron chi connectivity index (χ3n) is 13.1. The van der Waals surface area contributed by atoms with Crippen molar-refractivity contribution in [3.63, 3.8) is 0 Å². The maximum Gasteiger partial charge on any atom is 0.363 e. The number of nitro groups is 2. The van der Waals surface area contributed by atoms with Gasteiger partial charge in [-0.1, -0.05) is 19.9 Å². The van der Waals surface area contributed by atoms with Crippen LogP contribution < -0.4 is 5.26 Å². The Morgan fingerprint density at radius 1 is 0.980 bits per heavy atom. The molecule has 15 heteroatoms. The Balaban J connectivity index is 1.26. The number of allylic oxidation sites excluding steroid dienone is 3. The van der Waals surface area contributed by atoms with Gasteiger partial charge < -0.3 is 20.0 Å². The molecule has 4 saturated carbocycles. The lowest BCUT2D eigenvalue weighted by Gasteiger charge is -2.39. The number of carboxylic acid groups (broad SMARTS) is 1. The Bertz CT molecular complexity index is 1360. The minimum Gasteiger partial charge on any atom is -0.691 e. The van der Waals surface area contributed by atoms with Crippen LogP contribution in [-0.2, 0) is 18.9 Å². The molecule has 0 aromatic carbocycles. The number of hydrogen-bond donors (Lipinski definition) is 1. The van der Waals surface area contributed by atoms with Gasteiger partial charge in [0.2, 0.25) is 12.1 Å². The number of rotatable bonds is 13. The standard InChI is InChI=1S/C36H54N4O10S/c1-36(2)29-20-28(51-50-49-47)14-15-30(29)37(22-25-16-26(39(43)44)19-27(17-25)40(45)46)33(36)8-5-9-34-38(31-6-3-4-7-32(31)48-34)21-24-12-10-23(11-13-24)18-35(41)42/h5,8-9,23-32H,3-4,6-7,10-22H2,1-2H3,(H-,41,42,47). The number of hydrogen-bond acceptors (Lipinski definition) is 11. The van der Waals surface area contributed by atoms with Gasteiger partial charge in [0.05, 0.1) is 6.42 Å². The molecule has 5 fully saturated rings. The highest BCUT2D eigenvalue weighted by Crippen LogP contribution is 2.55. The van der Waals surface area contributed by atoms with Gasteiger partial charge in [0.15, 0.2) is 12.1 Å². The van der Waals surface area contributed by atoms with Crippen LogP contribution in [0.5, 0.6) is 0 Å². The molecule has 0 spiro atoms. The van der Waals surface area contributed by atoms with Crippen molar-refractivity contribution in [3.05, 3.63) is 44.2 Å². The average molecular weight is 735 g/mol. The molecule has 1 saturated heterocycles. The second-order valence-electron chi connectivity index (χ2n) is 16.6. The van der Waals surface area contributed by atoms with Crippen LogP contribution >= 0.6 is 12.0 Å². The van der Waals surface area contributed by atoms with E-state index >= 15 is 0 Å². The van der Waals surface area contributed by atoms with E-state index in [2.05, 4.69) is 46.6 Å². The number of fused-ring (bicyclic) bond motifs is 2. The van der Waals surface area contributed by atoms with Gasteiger partial charge in [-0.2, -0.15) is 8.91 Å². The lowest BCUT2D eigenvalue weighted by Crippen LogP contribution is -2.44. The van der Waals surface area contributed by atoms with Crippen molar-refractivity contribution in [3.8, 4) is 0 Å². The number of carboxylic acids is 1. The van der Waals surface area contributed by atoms with Gasteiger partial charge in [-0.25, -0.2) is 0 Å². The van der Waals surface area contributed by atoms with Crippen LogP contribution in [0.2, 0.25) is 0 Å². The van der Waals surface area contributed by atoms with Crippen molar-refractivity contribution in [2.75, 3.05) is 13.1 Å². The molecule has 0 aromatic rings. The second kappa shape index (κ2) is 16.5. The van der Waals surface area contributed by atoms with Crippen molar-refractivity contribution in [2.45, 2.75) is 146 Å². The van der Waals surface area contributed by atoms with Gasteiger partial charge in [0.1, 0.15) is 6.54 Å². The Kier molecular flexibility index (Phi) is 12.3. The Morgan fingerprint density at radius 3 is 2.33 bits per heavy atom. The Morgan fingerprint density at radius 2 is 1.67 bits per heavy atom. The number of aliphatic carboxylic acids is 1. The molecule has 6 rings (SSSR count). The van der Waals surface area contributed by atoms with Crippen molar-refractivity contribution in [1.82, 2.24) is 4.90 Å². The van der Waals surface area contributed by atoms with E-state index in [0.29, 0.717) is 31.3 Å². The molecular weight excluding hydrogens is 680 g/mol. The minimum absolute atomic E-state index is 0.0267. The zero-order valence-corrected chi connectivity index (χ0v) is 30.7. The Hall–Kier alpha value is -2.75. The quantitative estimate of drug-likeness (QED) is 0.0849. The van der Waals surface area contributed by atoms with Gasteiger partial charge in [-0.15, -0.1) is 0 Å². The first-order valence-electron chi connectivity index (χ1n) is 19.0. The lowest BCUT2D eigenvalue weighted by molar-refractivity contribution is -0.777. The first-order chi connectivity index (χ1) is 24.4. The van der Waals surface area contributed by atoms with Gasteiger partial charge >= 0.3 is 11.9 Å². The van der Waals surface area contributed by atoms with E-state index in [4.69, 9.17) is 9.07 Å². The van der Waals surface area contributed by atoms with Gasteiger partial charge in [-0.05, 0) is 88.0 Å². The van der Waals surface area contributed by atoms with E-state index in [0.717, 1.165) is 94.4 Å². The molecular formula is C36H54N4O10S. The first-order valence-corrected chi connectivity index (χ1v) is 19.8. The smallest absolute Gasteiger partial charge is 0.363 e. The molecule has 0 aromatic heterocycles. The summed E-state index contributed by atoms with van der Waals surface area (Å²) in [5.74, 6) is 0.960. The largest absolute Gasteiger partial charge is 0.691 e. The van der Waals surface area contributed by atoms with Crippen LogP contribution in [0.1, 0.15) is 110 Å². The van der Waals surface area contributed by atoms with Gasteiger partial charge in [0, 0.05) is 88.5 Å². The van der Waals surface area contributed by atoms with E-state index in [1.807, 2.05) is 0 Å². The van der Waals surface area contributed by atoms with Crippen molar-refractivity contribution < 1.29 is 43.7 Å². The zero-order chi connectivity index (χ0) is 36.3. The summed E-state index contributed by atoms with van der Waals surface area (Å²) in [6.45, 7) is 5.88. The van der Waals surface area contributed by atoms with E-state index in [1.165, 1.54) is 6.42 Å². The predicted octanol–water partition coefficient (Wildman–Crippen LogP) is 5.30. The van der Waals surface area contributed by atoms with Crippen LogP contribution in [0.4, 0.5) is 0 Å². The number of nitrogens with zero attached hydrogens (tertiary/aromatic N) is 4. The maximum atomic E-state index is 11.9. The highest BCUT2D eigenvalue weighted by molar-refractivity contribution is 7.95. The van der Waals surface area contributed by atoms with Crippen LogP contribution in [0.15, 0.2) is 23.9 Å². The molecule has 7 unspecified atom stereocenters. The van der Waals surface area contributed by atoms with E-state index in [-0.39, 0.29) is 63.3 Å². The SMILES string of the molecule is CC1(C)/C(=C\C=C\C2=[N+](CC3CCC(CC(=O)O)CC3)C3CCCCC3O2)N(CC2CC([N+](=O)[O-])CC([N+](=O)[O-])C2)C2CCC(SOO[O-])CC21. The molecule has 6 aliphatic rings. The van der Waals surface area contributed by atoms with Crippen molar-refractivity contribution in [1.29, 1.82) is 0 Å². The highest BCUT2D eigenvalue weighted by Gasteiger charge is 2.54. The normalized spacial score (nSPS) is 37.3. The summed E-state index contributed by atoms with van der Waals surface area (Å²) in [7, 11) is 0. The maximum absolute atomic E-state index is 11.9. The molecule has 0 bridgehead atoms. The summed E-state index contributed by atoms with van der Waals surface area (Å²) < 4.78 is 13.8. The van der Waals surface area contributed by atoms with Crippen LogP contribution in [0, 0.1) is 49.3 Å². The summed E-state index contributed by atoms with van der Waals surface area (Å²) in [5, 5.41) is 47.3. The summed E-state index contributed by atoms with van der Waals surface area (Å²) in [6, 6.07) is -1.35. The monoisotopic (exact) mass is 734 g/mol. The number of likely N-dealkylation sites (tertiary alicyclic amines) is 1. The highest BCUT2D eigenvalue weighted by atomic mass is 32.2. The van der Waals surface area contributed by atoms with Gasteiger partial charge in [0.25, 0.3) is 0 Å². The van der Waals surface area contributed by atoms with Gasteiger partial charge in [-0.3, -0.25) is 30.1 Å². The second-order valence-corrected chi connectivity index (χ2v) is 17.6. The van der Waals surface area contributed by atoms with Crippen LogP contribution in [0.3, 0.4) is 0 Å². The molecule has 0 amide bonds. The molecule has 0 radical (unpaired) electrons. The summed E-state index contributed by atoms with van der Waals surface area (Å²) >= 11 is 1.07. The van der Waals surface area contributed by atoms with E-state index < -0.39 is 18.1 Å². The lowest BCUT2D eigenvalue weighted by atomic mass is 9.70. The fourth-order valence-electron chi connectivity index (χ4n) is 10.5. The molecule has 14 nitrogen and oxygen atoms in total. The third-order valence-corrected chi connectivity index (χ3v) is 13.9. The molecule has 51 heavy (non-hydrogen) atoms. The zero-order valence-electron chi connectivity index (χ0n) is 29.8. The molecule has 1 N–H and O–H groups in total. The predicted molar refractivity (Wildman–Crippen MR) is 186 cm³/mol. The topological polar surface area (TPSA) is 181 Å². The third kappa shape index (κ3) is 8.73. The molecule has 2 heterocycles.